The molecule has 1 atom stereocenters. The fourth-order valence-corrected chi connectivity index (χ4v) is 1.63. The molecule has 0 aliphatic carbocycles. The second-order valence-corrected chi connectivity index (χ2v) is 5.95. The number of para-hydroxylation sites is 1. The maximum absolute atomic E-state index is 11.7. The summed E-state index contributed by atoms with van der Waals surface area (Å²) in [6.07, 6.45) is 0. The first-order valence-electron chi connectivity index (χ1n) is 6.58. The van der Waals surface area contributed by atoms with Crippen molar-refractivity contribution in [3.63, 3.8) is 0 Å². The van der Waals surface area contributed by atoms with Crippen LogP contribution < -0.4 is 10.1 Å². The highest BCUT2D eigenvalue weighted by atomic mass is 35.5. The summed E-state index contributed by atoms with van der Waals surface area (Å²) in [4.78, 5) is 23.4. The molecular formula is C15H20ClNO4. The van der Waals surface area contributed by atoms with Crippen LogP contribution in [0.1, 0.15) is 27.7 Å². The van der Waals surface area contributed by atoms with Crippen LogP contribution in [0.4, 0.5) is 0 Å². The summed E-state index contributed by atoms with van der Waals surface area (Å²) in [6.45, 7) is 6.62. The van der Waals surface area contributed by atoms with E-state index in [-0.39, 0.29) is 6.61 Å². The van der Waals surface area contributed by atoms with Gasteiger partial charge in [-0.3, -0.25) is 4.79 Å². The number of hydrogen-bond donors (Lipinski definition) is 1. The van der Waals surface area contributed by atoms with Crippen LogP contribution >= 0.6 is 11.6 Å². The molecule has 0 unspecified atom stereocenters. The lowest BCUT2D eigenvalue weighted by molar-refractivity contribution is -0.158. The highest BCUT2D eigenvalue weighted by Gasteiger charge is 2.23. The van der Waals surface area contributed by atoms with Crippen molar-refractivity contribution in [2.45, 2.75) is 39.3 Å². The average Bonchev–Trinajstić information content (AvgIpc) is 2.35. The van der Waals surface area contributed by atoms with Gasteiger partial charge in [-0.2, -0.15) is 0 Å². The lowest BCUT2D eigenvalue weighted by Gasteiger charge is -2.22. The number of rotatable bonds is 5. The van der Waals surface area contributed by atoms with Crippen molar-refractivity contribution >= 4 is 23.5 Å². The van der Waals surface area contributed by atoms with E-state index in [4.69, 9.17) is 21.1 Å². The first-order valence-corrected chi connectivity index (χ1v) is 6.96. The fourth-order valence-electron chi connectivity index (χ4n) is 1.44. The zero-order chi connectivity index (χ0) is 16.0. The number of halogens is 1. The number of carbonyl (C=O) groups is 2. The van der Waals surface area contributed by atoms with Crippen LogP contribution in [-0.4, -0.2) is 30.1 Å². The Balaban J connectivity index is 2.43. The van der Waals surface area contributed by atoms with E-state index >= 15 is 0 Å². The van der Waals surface area contributed by atoms with Crippen LogP contribution in [0.3, 0.4) is 0 Å². The number of benzene rings is 1. The first kappa shape index (κ1) is 17.3. The lowest BCUT2D eigenvalue weighted by Crippen LogP contribution is -2.43. The molecule has 1 aromatic rings. The van der Waals surface area contributed by atoms with Crippen LogP contribution in [0.15, 0.2) is 24.3 Å². The number of carbonyl (C=O) groups excluding carboxylic acids is 2. The second kappa shape index (κ2) is 7.31. The van der Waals surface area contributed by atoms with Crippen molar-refractivity contribution in [2.24, 2.45) is 0 Å². The van der Waals surface area contributed by atoms with Gasteiger partial charge < -0.3 is 14.8 Å². The number of nitrogens with one attached hydrogen (secondary N) is 1. The molecule has 6 heteroatoms. The van der Waals surface area contributed by atoms with Crippen molar-refractivity contribution in [3.05, 3.63) is 29.3 Å². The maximum Gasteiger partial charge on any atom is 0.328 e. The molecule has 5 nitrogen and oxygen atoms in total. The molecule has 0 saturated heterocycles. The van der Waals surface area contributed by atoms with E-state index in [1.165, 1.54) is 0 Å². The standard InChI is InChI=1S/C15H20ClNO4/c1-10(14(19)21-15(2,3)4)17-13(18)9-20-12-8-6-5-7-11(12)16/h5-8,10H,9H2,1-4H3,(H,17,18)/t10-/m0/s1. The van der Waals surface area contributed by atoms with Crippen LogP contribution in [0.25, 0.3) is 0 Å². The molecule has 0 aliphatic rings. The van der Waals surface area contributed by atoms with Gasteiger partial charge in [-0.05, 0) is 39.8 Å². The SMILES string of the molecule is C[C@H](NC(=O)COc1ccccc1Cl)C(=O)OC(C)(C)C. The van der Waals surface area contributed by atoms with Gasteiger partial charge in [-0.15, -0.1) is 0 Å². The summed E-state index contributed by atoms with van der Waals surface area (Å²) in [5, 5.41) is 2.93. The van der Waals surface area contributed by atoms with E-state index in [1.54, 1.807) is 52.0 Å². The van der Waals surface area contributed by atoms with Gasteiger partial charge in [-0.1, -0.05) is 23.7 Å². The summed E-state index contributed by atoms with van der Waals surface area (Å²) < 4.78 is 10.5. The molecule has 1 aromatic carbocycles. The first-order chi connectivity index (χ1) is 9.69. The number of ether oxygens (including phenoxy) is 2. The maximum atomic E-state index is 11.7. The monoisotopic (exact) mass is 313 g/mol. The third-order valence-corrected chi connectivity index (χ3v) is 2.65. The molecule has 0 bridgehead atoms. The predicted octanol–water partition coefficient (Wildman–Crippen LogP) is 2.57. The molecule has 1 rings (SSSR count). The van der Waals surface area contributed by atoms with Gasteiger partial charge in [0.2, 0.25) is 0 Å². The van der Waals surface area contributed by atoms with Gasteiger partial charge in [0.25, 0.3) is 5.91 Å². The molecule has 116 valence electrons. The molecule has 0 spiro atoms. The molecular weight excluding hydrogens is 294 g/mol. The molecule has 0 fully saturated rings. The van der Waals surface area contributed by atoms with E-state index in [9.17, 15) is 9.59 Å². The van der Waals surface area contributed by atoms with Crippen molar-refractivity contribution in [1.82, 2.24) is 5.32 Å². The molecule has 0 radical (unpaired) electrons. The van der Waals surface area contributed by atoms with Crippen molar-refractivity contribution in [3.8, 4) is 5.75 Å². The quantitative estimate of drug-likeness (QED) is 0.849. The molecule has 0 aliphatic heterocycles. The highest BCUT2D eigenvalue weighted by molar-refractivity contribution is 6.32. The van der Waals surface area contributed by atoms with Crippen molar-refractivity contribution < 1.29 is 19.1 Å². The summed E-state index contributed by atoms with van der Waals surface area (Å²) in [5.41, 5.74) is -0.593. The zero-order valence-electron chi connectivity index (χ0n) is 12.6. The minimum absolute atomic E-state index is 0.225. The fraction of sp³-hybridized carbons (Fsp3) is 0.467. The number of esters is 1. The van der Waals surface area contributed by atoms with Gasteiger partial charge in [0.05, 0.1) is 5.02 Å². The minimum Gasteiger partial charge on any atom is -0.482 e. The summed E-state index contributed by atoms with van der Waals surface area (Å²) in [7, 11) is 0. The summed E-state index contributed by atoms with van der Waals surface area (Å²) >= 11 is 5.91. The number of amides is 1. The zero-order valence-corrected chi connectivity index (χ0v) is 13.4. The Bertz CT molecular complexity index is 511. The Morgan fingerprint density at radius 3 is 2.48 bits per heavy atom. The van der Waals surface area contributed by atoms with Gasteiger partial charge in [0, 0.05) is 0 Å². The van der Waals surface area contributed by atoms with E-state index in [2.05, 4.69) is 5.32 Å². The van der Waals surface area contributed by atoms with Crippen LogP contribution in [0.2, 0.25) is 5.02 Å². The minimum atomic E-state index is -0.744. The van der Waals surface area contributed by atoms with Gasteiger partial charge >= 0.3 is 5.97 Å². The molecule has 21 heavy (non-hydrogen) atoms. The Kier molecular flexibility index (Phi) is 6.03. The second-order valence-electron chi connectivity index (χ2n) is 5.54. The molecule has 0 heterocycles. The van der Waals surface area contributed by atoms with Crippen molar-refractivity contribution in [2.75, 3.05) is 6.61 Å². The Labute approximate surface area is 129 Å². The van der Waals surface area contributed by atoms with E-state index in [1.807, 2.05) is 0 Å². The lowest BCUT2D eigenvalue weighted by atomic mass is 10.2. The normalized spacial score (nSPS) is 12.4. The van der Waals surface area contributed by atoms with Crippen molar-refractivity contribution in [1.29, 1.82) is 0 Å². The predicted molar refractivity (Wildman–Crippen MR) is 80.4 cm³/mol. The summed E-state index contributed by atoms with van der Waals surface area (Å²) in [5.74, 6) is -0.499. The summed E-state index contributed by atoms with van der Waals surface area (Å²) in [6, 6.07) is 6.10. The molecule has 0 aromatic heterocycles. The third kappa shape index (κ3) is 6.49. The number of hydrogen-bond acceptors (Lipinski definition) is 4. The van der Waals surface area contributed by atoms with E-state index in [0.717, 1.165) is 0 Å². The van der Waals surface area contributed by atoms with Crippen LogP contribution in [0.5, 0.6) is 5.75 Å². The third-order valence-electron chi connectivity index (χ3n) is 2.33. The van der Waals surface area contributed by atoms with E-state index < -0.39 is 23.5 Å². The molecule has 1 amide bonds. The highest BCUT2D eigenvalue weighted by Crippen LogP contribution is 2.22. The van der Waals surface area contributed by atoms with Crippen LogP contribution in [0, 0.1) is 0 Å². The molecule has 1 N–H and O–H groups in total. The van der Waals surface area contributed by atoms with Gasteiger partial charge in [-0.25, -0.2) is 4.79 Å². The van der Waals surface area contributed by atoms with Crippen LogP contribution in [-0.2, 0) is 14.3 Å². The Morgan fingerprint density at radius 1 is 1.29 bits per heavy atom. The smallest absolute Gasteiger partial charge is 0.328 e. The Hall–Kier alpha value is -1.75. The van der Waals surface area contributed by atoms with Gasteiger partial charge in [0.1, 0.15) is 17.4 Å². The topological polar surface area (TPSA) is 64.6 Å². The average molecular weight is 314 g/mol. The van der Waals surface area contributed by atoms with Gasteiger partial charge in [0.15, 0.2) is 6.61 Å². The van der Waals surface area contributed by atoms with E-state index in [0.29, 0.717) is 10.8 Å². The Morgan fingerprint density at radius 2 is 1.90 bits per heavy atom. The largest absolute Gasteiger partial charge is 0.482 e. The molecule has 0 saturated carbocycles.